The summed E-state index contributed by atoms with van der Waals surface area (Å²) in [5.41, 5.74) is 0. The van der Waals surface area contributed by atoms with Crippen molar-refractivity contribution >= 4 is 6.03 Å². The van der Waals surface area contributed by atoms with Gasteiger partial charge in [0.25, 0.3) is 0 Å². The molecule has 0 aromatic heterocycles. The second-order valence-corrected chi connectivity index (χ2v) is 7.21. The van der Waals surface area contributed by atoms with Crippen LogP contribution in [0.1, 0.15) is 58.3 Å². The Balaban J connectivity index is 1.44. The topological polar surface area (TPSA) is 53.6 Å². The lowest BCUT2D eigenvalue weighted by Gasteiger charge is -2.40. The van der Waals surface area contributed by atoms with Gasteiger partial charge in [0.05, 0.1) is 12.1 Å². The Kier molecular flexibility index (Phi) is 5.58. The smallest absolute Gasteiger partial charge is 0.315 e. The molecule has 22 heavy (non-hydrogen) atoms. The number of rotatable bonds is 3. The third-order valence-corrected chi connectivity index (χ3v) is 5.57. The summed E-state index contributed by atoms with van der Waals surface area (Å²) in [5, 5.41) is 6.26. The molecule has 126 valence electrons. The Morgan fingerprint density at radius 2 is 1.86 bits per heavy atom. The maximum atomic E-state index is 12.2. The molecule has 5 nitrogen and oxygen atoms in total. The van der Waals surface area contributed by atoms with Gasteiger partial charge in [0.2, 0.25) is 0 Å². The first-order valence-electron chi connectivity index (χ1n) is 9.15. The average molecular weight is 309 g/mol. The summed E-state index contributed by atoms with van der Waals surface area (Å²) in [4.78, 5) is 14.8. The van der Waals surface area contributed by atoms with Gasteiger partial charge in [-0.2, -0.15) is 0 Å². The standard InChI is InChI=1S/C17H31N3O2/c1-13-16(9-11-22-13)19-17(21)18-14-6-5-10-20(12-14)15-7-3-2-4-8-15/h13-16H,2-12H2,1H3,(H2,18,19,21)/t13-,14+,16+/m0/s1. The number of carbonyl (C=O) groups is 1. The molecule has 2 amide bonds. The largest absolute Gasteiger partial charge is 0.376 e. The van der Waals surface area contributed by atoms with Crippen LogP contribution >= 0.6 is 0 Å². The van der Waals surface area contributed by atoms with E-state index in [0.717, 1.165) is 32.0 Å². The van der Waals surface area contributed by atoms with Crippen molar-refractivity contribution in [3.8, 4) is 0 Å². The molecule has 1 aliphatic carbocycles. The molecule has 3 atom stereocenters. The van der Waals surface area contributed by atoms with E-state index < -0.39 is 0 Å². The first kappa shape index (κ1) is 16.1. The fourth-order valence-electron chi connectivity index (χ4n) is 4.22. The van der Waals surface area contributed by atoms with Gasteiger partial charge < -0.3 is 15.4 Å². The zero-order valence-electron chi connectivity index (χ0n) is 13.9. The summed E-state index contributed by atoms with van der Waals surface area (Å²) in [7, 11) is 0. The molecule has 0 aromatic carbocycles. The van der Waals surface area contributed by atoms with Crippen molar-refractivity contribution in [3.63, 3.8) is 0 Å². The van der Waals surface area contributed by atoms with E-state index in [1.807, 2.05) is 6.92 Å². The Morgan fingerprint density at radius 3 is 2.59 bits per heavy atom. The SMILES string of the molecule is C[C@@H]1OCC[C@H]1NC(=O)N[C@@H]1CCCN(C2CCCCC2)C1. The van der Waals surface area contributed by atoms with Crippen LogP contribution in [0.15, 0.2) is 0 Å². The average Bonchev–Trinajstić information content (AvgIpc) is 2.93. The number of hydrogen-bond donors (Lipinski definition) is 2. The molecule has 5 heteroatoms. The number of nitrogens with zero attached hydrogens (tertiary/aromatic N) is 1. The van der Waals surface area contributed by atoms with Gasteiger partial charge >= 0.3 is 6.03 Å². The monoisotopic (exact) mass is 309 g/mol. The van der Waals surface area contributed by atoms with E-state index in [0.29, 0.717) is 6.04 Å². The molecule has 0 radical (unpaired) electrons. The Bertz CT molecular complexity index is 371. The van der Waals surface area contributed by atoms with Gasteiger partial charge in [-0.1, -0.05) is 19.3 Å². The van der Waals surface area contributed by atoms with E-state index >= 15 is 0 Å². The second-order valence-electron chi connectivity index (χ2n) is 7.21. The van der Waals surface area contributed by atoms with Crippen molar-refractivity contribution in [2.75, 3.05) is 19.7 Å². The summed E-state index contributed by atoms with van der Waals surface area (Å²) < 4.78 is 5.50. The third kappa shape index (κ3) is 4.13. The molecule has 2 aliphatic heterocycles. The van der Waals surface area contributed by atoms with Crippen LogP contribution in [-0.4, -0.2) is 54.9 Å². The van der Waals surface area contributed by atoms with Crippen LogP contribution in [0.2, 0.25) is 0 Å². The van der Waals surface area contributed by atoms with Gasteiger partial charge in [0, 0.05) is 25.2 Å². The van der Waals surface area contributed by atoms with Crippen molar-refractivity contribution < 1.29 is 9.53 Å². The van der Waals surface area contributed by atoms with Crippen molar-refractivity contribution in [1.29, 1.82) is 0 Å². The maximum absolute atomic E-state index is 12.2. The van der Waals surface area contributed by atoms with Crippen molar-refractivity contribution in [2.45, 2.75) is 82.5 Å². The molecule has 3 fully saturated rings. The van der Waals surface area contributed by atoms with E-state index in [-0.39, 0.29) is 18.2 Å². The minimum atomic E-state index is -0.0159. The van der Waals surface area contributed by atoms with E-state index in [1.165, 1.54) is 45.1 Å². The molecule has 0 bridgehead atoms. The summed E-state index contributed by atoms with van der Waals surface area (Å²) in [5.74, 6) is 0. The molecule has 1 saturated carbocycles. The number of carbonyl (C=O) groups excluding carboxylic acids is 1. The normalized spacial score (nSPS) is 34.5. The lowest BCUT2D eigenvalue weighted by Crippen LogP contribution is -2.54. The van der Waals surface area contributed by atoms with Crippen LogP contribution in [0.25, 0.3) is 0 Å². The third-order valence-electron chi connectivity index (χ3n) is 5.57. The van der Waals surface area contributed by atoms with E-state index in [2.05, 4.69) is 15.5 Å². The van der Waals surface area contributed by atoms with E-state index in [4.69, 9.17) is 4.74 Å². The number of hydrogen-bond acceptors (Lipinski definition) is 3. The molecule has 2 N–H and O–H groups in total. The Labute approximate surface area is 134 Å². The molecule has 0 aromatic rings. The number of piperidine rings is 1. The summed E-state index contributed by atoms with van der Waals surface area (Å²) in [6.07, 6.45) is 10.2. The maximum Gasteiger partial charge on any atom is 0.315 e. The highest BCUT2D eigenvalue weighted by molar-refractivity contribution is 5.74. The van der Waals surface area contributed by atoms with Crippen LogP contribution in [0, 0.1) is 0 Å². The second kappa shape index (κ2) is 7.64. The number of nitrogens with one attached hydrogen (secondary N) is 2. The zero-order chi connectivity index (χ0) is 15.4. The number of likely N-dealkylation sites (tertiary alicyclic amines) is 1. The summed E-state index contributed by atoms with van der Waals surface area (Å²) in [6.45, 7) is 5.02. The number of amides is 2. The fraction of sp³-hybridized carbons (Fsp3) is 0.941. The zero-order valence-corrected chi connectivity index (χ0v) is 13.9. The van der Waals surface area contributed by atoms with Crippen LogP contribution < -0.4 is 10.6 Å². The summed E-state index contributed by atoms with van der Waals surface area (Å²) in [6, 6.07) is 1.20. The molecule has 2 saturated heterocycles. The fourth-order valence-corrected chi connectivity index (χ4v) is 4.22. The number of urea groups is 1. The first-order valence-corrected chi connectivity index (χ1v) is 9.15. The highest BCUT2D eigenvalue weighted by Crippen LogP contribution is 2.25. The predicted molar refractivity (Wildman–Crippen MR) is 87.0 cm³/mol. The lowest BCUT2D eigenvalue weighted by molar-refractivity contribution is 0.107. The highest BCUT2D eigenvalue weighted by atomic mass is 16.5. The highest BCUT2D eigenvalue weighted by Gasteiger charge is 2.29. The summed E-state index contributed by atoms with van der Waals surface area (Å²) >= 11 is 0. The minimum Gasteiger partial charge on any atom is -0.376 e. The predicted octanol–water partition coefficient (Wildman–Crippen LogP) is 2.26. The number of ether oxygens (including phenoxy) is 1. The quantitative estimate of drug-likeness (QED) is 0.841. The van der Waals surface area contributed by atoms with Gasteiger partial charge in [-0.25, -0.2) is 4.79 Å². The Morgan fingerprint density at radius 1 is 1.05 bits per heavy atom. The van der Waals surface area contributed by atoms with Crippen LogP contribution in [0.5, 0.6) is 0 Å². The van der Waals surface area contributed by atoms with Crippen molar-refractivity contribution in [1.82, 2.24) is 15.5 Å². The van der Waals surface area contributed by atoms with Gasteiger partial charge in [0.15, 0.2) is 0 Å². The lowest BCUT2D eigenvalue weighted by atomic mass is 9.92. The molecule has 3 aliphatic rings. The first-order chi connectivity index (χ1) is 10.7. The minimum absolute atomic E-state index is 0.0159. The van der Waals surface area contributed by atoms with Gasteiger partial charge in [-0.3, -0.25) is 4.90 Å². The Hall–Kier alpha value is -0.810. The molecule has 0 unspecified atom stereocenters. The van der Waals surface area contributed by atoms with E-state index in [1.54, 1.807) is 0 Å². The van der Waals surface area contributed by atoms with Crippen LogP contribution in [-0.2, 0) is 4.74 Å². The molecule has 3 rings (SSSR count). The molecule has 0 spiro atoms. The van der Waals surface area contributed by atoms with Crippen LogP contribution in [0.3, 0.4) is 0 Å². The van der Waals surface area contributed by atoms with E-state index in [9.17, 15) is 4.79 Å². The molecular weight excluding hydrogens is 278 g/mol. The van der Waals surface area contributed by atoms with Crippen molar-refractivity contribution in [2.24, 2.45) is 0 Å². The molecular formula is C17H31N3O2. The van der Waals surface area contributed by atoms with Gasteiger partial charge in [-0.05, 0) is 45.6 Å². The van der Waals surface area contributed by atoms with Crippen molar-refractivity contribution in [3.05, 3.63) is 0 Å². The van der Waals surface area contributed by atoms with Gasteiger partial charge in [0.1, 0.15) is 0 Å². The van der Waals surface area contributed by atoms with Crippen LogP contribution in [0.4, 0.5) is 4.79 Å². The van der Waals surface area contributed by atoms with Gasteiger partial charge in [-0.15, -0.1) is 0 Å². The molecule has 2 heterocycles.